The SMILES string of the molecule is COc1ccccc1-c1nccc(C(=O)Nc2nc3ccc(N4CCC(NCCN(C)C)CC4)cc3n2CC(C)(C)O)c1F. The number of nitrogens with zero attached hydrogens (tertiary/aromatic N) is 5. The van der Waals surface area contributed by atoms with Gasteiger partial charge in [0.1, 0.15) is 11.4 Å². The van der Waals surface area contributed by atoms with Crippen LogP contribution < -0.4 is 20.3 Å². The fraction of sp³-hybridized carbons (Fsp3) is 0.424. The van der Waals surface area contributed by atoms with Gasteiger partial charge in [-0.2, -0.15) is 0 Å². The van der Waals surface area contributed by atoms with Gasteiger partial charge in [0.15, 0.2) is 5.82 Å². The number of halogens is 1. The van der Waals surface area contributed by atoms with Gasteiger partial charge in [-0.15, -0.1) is 0 Å². The molecular weight excluding hydrogens is 561 g/mol. The number of nitrogens with one attached hydrogen (secondary N) is 2. The Balaban J connectivity index is 1.40. The molecule has 1 saturated heterocycles. The Bertz CT molecular complexity index is 1610. The van der Waals surface area contributed by atoms with Gasteiger partial charge >= 0.3 is 0 Å². The Morgan fingerprint density at radius 3 is 2.61 bits per heavy atom. The Labute approximate surface area is 257 Å². The van der Waals surface area contributed by atoms with E-state index in [4.69, 9.17) is 4.74 Å². The number of anilines is 2. The predicted molar refractivity (Wildman–Crippen MR) is 172 cm³/mol. The summed E-state index contributed by atoms with van der Waals surface area (Å²) >= 11 is 0. The van der Waals surface area contributed by atoms with Gasteiger partial charge in [-0.25, -0.2) is 9.37 Å². The van der Waals surface area contributed by atoms with Crippen molar-refractivity contribution in [2.24, 2.45) is 0 Å². The van der Waals surface area contributed by atoms with E-state index in [0.29, 0.717) is 22.9 Å². The molecule has 5 rings (SSSR count). The molecule has 0 unspecified atom stereocenters. The van der Waals surface area contributed by atoms with Gasteiger partial charge in [0.25, 0.3) is 5.91 Å². The summed E-state index contributed by atoms with van der Waals surface area (Å²) in [6.07, 6.45) is 3.49. The number of carbonyl (C=O) groups is 1. The fourth-order valence-electron chi connectivity index (χ4n) is 5.60. The normalized spacial score (nSPS) is 14.4. The van der Waals surface area contributed by atoms with Crippen molar-refractivity contribution < 1.29 is 19.0 Å². The van der Waals surface area contributed by atoms with Crippen molar-refractivity contribution in [1.82, 2.24) is 24.8 Å². The first kappa shape index (κ1) is 31.4. The van der Waals surface area contributed by atoms with Gasteiger partial charge in [-0.3, -0.25) is 15.1 Å². The second-order valence-electron chi connectivity index (χ2n) is 12.2. The van der Waals surface area contributed by atoms with Crippen molar-refractivity contribution in [3.63, 3.8) is 0 Å². The largest absolute Gasteiger partial charge is 0.496 e. The number of aromatic nitrogens is 3. The van der Waals surface area contributed by atoms with Gasteiger partial charge in [0.2, 0.25) is 5.95 Å². The average Bonchev–Trinajstić information content (AvgIpc) is 3.31. The average molecular weight is 604 g/mol. The third-order valence-corrected chi connectivity index (χ3v) is 7.85. The molecule has 1 aliphatic rings. The van der Waals surface area contributed by atoms with Crippen molar-refractivity contribution >= 4 is 28.6 Å². The third-order valence-electron chi connectivity index (χ3n) is 7.85. The topological polar surface area (TPSA) is 108 Å². The standard InChI is InChI=1S/C33H42FN7O3/c1-33(2,43)21-41-27-20-23(40-17-13-22(14-18-40)35-16-19-39(3)4)10-11-26(27)37-32(41)38-31(42)25-12-15-36-30(29(25)34)24-8-6-7-9-28(24)44-5/h6-12,15,20,22,35,43H,13-14,16-19,21H2,1-5H3,(H,37,38,42). The molecule has 1 amide bonds. The Hall–Kier alpha value is -4.06. The van der Waals surface area contributed by atoms with Crippen molar-refractivity contribution in [3.05, 3.63) is 66.1 Å². The Morgan fingerprint density at radius 2 is 1.91 bits per heavy atom. The highest BCUT2D eigenvalue weighted by atomic mass is 19.1. The summed E-state index contributed by atoms with van der Waals surface area (Å²) in [5.41, 5.74) is 1.68. The lowest BCUT2D eigenvalue weighted by Crippen LogP contribution is -2.44. The van der Waals surface area contributed by atoms with Crippen LogP contribution in [0.4, 0.5) is 16.0 Å². The summed E-state index contributed by atoms with van der Waals surface area (Å²) in [4.78, 5) is 26.9. The molecule has 2 aromatic heterocycles. The number of ether oxygens (including phenoxy) is 1. The van der Waals surface area contributed by atoms with E-state index in [9.17, 15) is 9.90 Å². The number of fused-ring (bicyclic) bond motifs is 1. The van der Waals surface area contributed by atoms with Crippen molar-refractivity contribution in [1.29, 1.82) is 0 Å². The molecule has 0 spiro atoms. The molecule has 10 nitrogen and oxygen atoms in total. The molecule has 2 aromatic carbocycles. The summed E-state index contributed by atoms with van der Waals surface area (Å²) in [5, 5.41) is 17.2. The van der Waals surface area contributed by atoms with Crippen LogP contribution in [0.25, 0.3) is 22.3 Å². The van der Waals surface area contributed by atoms with Crippen LogP contribution >= 0.6 is 0 Å². The molecule has 1 fully saturated rings. The van der Waals surface area contributed by atoms with Gasteiger partial charge in [-0.1, -0.05) is 12.1 Å². The molecule has 0 atom stereocenters. The maximum atomic E-state index is 15.7. The molecule has 4 aromatic rings. The summed E-state index contributed by atoms with van der Waals surface area (Å²) in [5.74, 6) is -0.758. The lowest BCUT2D eigenvalue weighted by molar-refractivity contribution is 0.0630. The Kier molecular flexibility index (Phi) is 9.48. The zero-order chi connectivity index (χ0) is 31.4. The fourth-order valence-corrected chi connectivity index (χ4v) is 5.60. The van der Waals surface area contributed by atoms with Crippen molar-refractivity contribution in [2.45, 2.75) is 44.9 Å². The van der Waals surface area contributed by atoms with E-state index in [0.717, 1.165) is 50.2 Å². The van der Waals surface area contributed by atoms with Gasteiger partial charge < -0.3 is 29.5 Å². The number of piperidine rings is 1. The van der Waals surface area contributed by atoms with E-state index < -0.39 is 17.3 Å². The van der Waals surface area contributed by atoms with E-state index >= 15 is 4.39 Å². The van der Waals surface area contributed by atoms with Crippen LogP contribution in [0.3, 0.4) is 0 Å². The van der Waals surface area contributed by atoms with Crippen LogP contribution in [-0.4, -0.2) is 89.5 Å². The minimum Gasteiger partial charge on any atom is -0.496 e. The maximum Gasteiger partial charge on any atom is 0.261 e. The number of amides is 1. The second kappa shape index (κ2) is 13.3. The van der Waals surface area contributed by atoms with Crippen LogP contribution in [0.1, 0.15) is 37.0 Å². The summed E-state index contributed by atoms with van der Waals surface area (Å²) < 4.78 is 22.9. The first-order valence-corrected chi connectivity index (χ1v) is 15.0. The number of methoxy groups -OCH3 is 1. The number of benzene rings is 2. The lowest BCUT2D eigenvalue weighted by Gasteiger charge is -2.34. The first-order valence-electron chi connectivity index (χ1n) is 15.0. The number of pyridine rings is 1. The van der Waals surface area contributed by atoms with E-state index in [1.807, 2.05) is 12.1 Å². The quantitative estimate of drug-likeness (QED) is 0.232. The van der Waals surface area contributed by atoms with E-state index in [2.05, 4.69) is 50.6 Å². The molecule has 0 aliphatic carbocycles. The number of para-hydroxylation sites is 1. The van der Waals surface area contributed by atoms with Gasteiger partial charge in [0, 0.05) is 49.7 Å². The molecular formula is C33H42FN7O3. The molecule has 0 bridgehead atoms. The number of imidazole rings is 1. The molecule has 234 valence electrons. The highest BCUT2D eigenvalue weighted by molar-refractivity contribution is 6.05. The smallest absolute Gasteiger partial charge is 0.261 e. The van der Waals surface area contributed by atoms with Crippen LogP contribution in [0.15, 0.2) is 54.7 Å². The van der Waals surface area contributed by atoms with Gasteiger partial charge in [-0.05, 0) is 77.2 Å². The van der Waals surface area contributed by atoms with Crippen LogP contribution in [0, 0.1) is 5.82 Å². The van der Waals surface area contributed by atoms with E-state index in [-0.39, 0.29) is 23.8 Å². The lowest BCUT2D eigenvalue weighted by atomic mass is 10.0. The molecule has 1 aliphatic heterocycles. The zero-order valence-electron chi connectivity index (χ0n) is 26.1. The highest BCUT2D eigenvalue weighted by Crippen LogP contribution is 2.32. The molecule has 3 heterocycles. The predicted octanol–water partition coefficient (Wildman–Crippen LogP) is 4.39. The third kappa shape index (κ3) is 7.18. The maximum absolute atomic E-state index is 15.7. The van der Waals surface area contributed by atoms with Crippen molar-refractivity contribution in [3.8, 4) is 17.0 Å². The number of carbonyl (C=O) groups excluding carboxylic acids is 1. The molecule has 0 radical (unpaired) electrons. The number of likely N-dealkylation sites (N-methyl/N-ethyl adjacent to an activating group) is 1. The van der Waals surface area contributed by atoms with Crippen LogP contribution in [0.2, 0.25) is 0 Å². The summed E-state index contributed by atoms with van der Waals surface area (Å²) in [6, 6.07) is 14.8. The van der Waals surface area contributed by atoms with Gasteiger partial charge in [0.05, 0.1) is 35.9 Å². The van der Waals surface area contributed by atoms with E-state index in [1.165, 1.54) is 19.4 Å². The summed E-state index contributed by atoms with van der Waals surface area (Å²) in [6.45, 7) is 7.39. The number of rotatable bonds is 11. The monoisotopic (exact) mass is 603 g/mol. The van der Waals surface area contributed by atoms with Crippen LogP contribution in [-0.2, 0) is 6.54 Å². The minimum absolute atomic E-state index is 0.0152. The molecule has 11 heteroatoms. The number of hydrogen-bond donors (Lipinski definition) is 3. The number of aliphatic hydroxyl groups is 1. The zero-order valence-corrected chi connectivity index (χ0v) is 26.1. The summed E-state index contributed by atoms with van der Waals surface area (Å²) in [7, 11) is 5.66. The van der Waals surface area contributed by atoms with Crippen molar-refractivity contribution in [2.75, 3.05) is 57.6 Å². The van der Waals surface area contributed by atoms with E-state index in [1.54, 1.807) is 42.7 Å². The Morgan fingerprint density at radius 1 is 1.16 bits per heavy atom. The number of hydrogen-bond acceptors (Lipinski definition) is 8. The first-order chi connectivity index (χ1) is 21.0. The molecule has 44 heavy (non-hydrogen) atoms. The molecule has 0 saturated carbocycles. The molecule has 3 N–H and O–H groups in total. The second-order valence-corrected chi connectivity index (χ2v) is 12.2. The highest BCUT2D eigenvalue weighted by Gasteiger charge is 2.25. The minimum atomic E-state index is -1.10. The van der Waals surface area contributed by atoms with Crippen LogP contribution in [0.5, 0.6) is 5.75 Å².